The number of hydrogen-bond acceptors (Lipinski definition) is 3. The summed E-state index contributed by atoms with van der Waals surface area (Å²) in [6.07, 6.45) is 2.86. The molecule has 3 nitrogen and oxygen atoms in total. The highest BCUT2D eigenvalue weighted by Gasteiger charge is 2.06. The van der Waals surface area contributed by atoms with E-state index in [1.807, 2.05) is 18.2 Å². The highest BCUT2D eigenvalue weighted by molar-refractivity contribution is 9.10. The summed E-state index contributed by atoms with van der Waals surface area (Å²) in [6.45, 7) is 5.11. The molecular weight excluding hydrogens is 318 g/mol. The summed E-state index contributed by atoms with van der Waals surface area (Å²) in [4.78, 5) is 0. The zero-order valence-corrected chi connectivity index (χ0v) is 13.3. The Morgan fingerprint density at radius 3 is 2.70 bits per heavy atom. The molecule has 20 heavy (non-hydrogen) atoms. The van der Waals surface area contributed by atoms with E-state index < -0.39 is 0 Å². The fraction of sp³-hybridized carbons (Fsp3) is 0.375. The number of nitrogens with one attached hydrogen (secondary N) is 1. The van der Waals surface area contributed by atoms with Crippen LogP contribution in [0.4, 0.5) is 0 Å². The maximum absolute atomic E-state index is 5.71. The maximum Gasteiger partial charge on any atom is 0.133 e. The lowest BCUT2D eigenvalue weighted by atomic mass is 10.2. The lowest BCUT2D eigenvalue weighted by Gasteiger charge is -2.06. The van der Waals surface area contributed by atoms with Crippen LogP contribution in [0.5, 0.6) is 0 Å². The quantitative estimate of drug-likeness (QED) is 0.731. The molecule has 4 heteroatoms. The fourth-order valence-electron chi connectivity index (χ4n) is 1.89. The lowest BCUT2D eigenvalue weighted by Crippen LogP contribution is -2.14. The van der Waals surface area contributed by atoms with Gasteiger partial charge in [-0.25, -0.2) is 0 Å². The third kappa shape index (κ3) is 4.78. The van der Waals surface area contributed by atoms with Crippen LogP contribution >= 0.6 is 15.9 Å². The van der Waals surface area contributed by atoms with Crippen LogP contribution in [0.2, 0.25) is 0 Å². The van der Waals surface area contributed by atoms with Gasteiger partial charge in [-0.15, -0.1) is 0 Å². The average Bonchev–Trinajstić information content (AvgIpc) is 2.89. The predicted octanol–water partition coefficient (Wildman–Crippen LogP) is 4.26. The molecule has 1 N–H and O–H groups in total. The van der Waals surface area contributed by atoms with Crippen LogP contribution in [0, 0.1) is 0 Å². The van der Waals surface area contributed by atoms with Crippen molar-refractivity contribution in [2.75, 3.05) is 6.54 Å². The van der Waals surface area contributed by atoms with E-state index in [9.17, 15) is 0 Å². The molecule has 0 unspecified atom stereocenters. The molecule has 0 aliphatic rings. The molecule has 2 rings (SSSR count). The second-order valence-corrected chi connectivity index (χ2v) is 5.58. The van der Waals surface area contributed by atoms with E-state index in [0.29, 0.717) is 13.2 Å². The smallest absolute Gasteiger partial charge is 0.133 e. The highest BCUT2D eigenvalue weighted by Crippen LogP contribution is 2.14. The Morgan fingerprint density at radius 2 is 1.95 bits per heavy atom. The minimum absolute atomic E-state index is 0.506. The first-order chi connectivity index (χ1) is 9.79. The van der Waals surface area contributed by atoms with Gasteiger partial charge >= 0.3 is 0 Å². The minimum Gasteiger partial charge on any atom is -0.467 e. The van der Waals surface area contributed by atoms with E-state index in [-0.39, 0.29) is 0 Å². The van der Waals surface area contributed by atoms with Crippen LogP contribution in [0.3, 0.4) is 0 Å². The first-order valence-electron chi connectivity index (χ1n) is 6.87. The topological polar surface area (TPSA) is 34.4 Å². The van der Waals surface area contributed by atoms with Gasteiger partial charge in [0, 0.05) is 16.6 Å². The largest absolute Gasteiger partial charge is 0.467 e. The summed E-state index contributed by atoms with van der Waals surface area (Å²) in [6, 6.07) is 10.1. The van der Waals surface area contributed by atoms with Gasteiger partial charge in [-0.3, -0.25) is 0 Å². The van der Waals surface area contributed by atoms with Crippen molar-refractivity contribution in [1.82, 2.24) is 5.32 Å². The monoisotopic (exact) mass is 337 g/mol. The van der Waals surface area contributed by atoms with Crippen LogP contribution < -0.4 is 5.32 Å². The normalized spacial score (nSPS) is 10.9. The van der Waals surface area contributed by atoms with Crippen LogP contribution in [0.15, 0.2) is 45.5 Å². The number of benzene rings is 1. The van der Waals surface area contributed by atoms with E-state index in [2.05, 4.69) is 40.3 Å². The summed E-state index contributed by atoms with van der Waals surface area (Å²) < 4.78 is 12.3. The second-order valence-electron chi connectivity index (χ2n) is 4.67. The first-order valence-corrected chi connectivity index (χ1v) is 7.67. The van der Waals surface area contributed by atoms with E-state index >= 15 is 0 Å². The van der Waals surface area contributed by atoms with Crippen LogP contribution in [-0.4, -0.2) is 6.54 Å². The Kier molecular flexibility index (Phi) is 6.30. The Hall–Kier alpha value is -1.10. The third-order valence-electron chi connectivity index (χ3n) is 3.00. The van der Waals surface area contributed by atoms with Gasteiger partial charge < -0.3 is 14.5 Å². The average molecular weight is 338 g/mol. The Morgan fingerprint density at radius 1 is 1.15 bits per heavy atom. The van der Waals surface area contributed by atoms with Gasteiger partial charge in [-0.05, 0) is 36.7 Å². The lowest BCUT2D eigenvalue weighted by molar-refractivity contribution is 0.0921. The van der Waals surface area contributed by atoms with E-state index in [1.54, 1.807) is 6.26 Å². The second kappa shape index (κ2) is 8.25. The molecule has 1 aromatic heterocycles. The van der Waals surface area contributed by atoms with Gasteiger partial charge in [0.15, 0.2) is 0 Å². The molecule has 0 saturated heterocycles. The summed E-state index contributed by atoms with van der Waals surface area (Å²) in [5.41, 5.74) is 2.33. The van der Waals surface area contributed by atoms with E-state index in [0.717, 1.165) is 35.3 Å². The van der Waals surface area contributed by atoms with Gasteiger partial charge in [-0.2, -0.15) is 0 Å². The van der Waals surface area contributed by atoms with Gasteiger partial charge in [0.05, 0.1) is 12.9 Å². The number of rotatable bonds is 8. The number of halogens is 1. The molecule has 2 aromatic rings. The summed E-state index contributed by atoms with van der Waals surface area (Å²) >= 11 is 3.42. The minimum atomic E-state index is 0.506. The Balaban J connectivity index is 1.79. The predicted molar refractivity (Wildman–Crippen MR) is 83.3 cm³/mol. The first kappa shape index (κ1) is 15.3. The molecule has 108 valence electrons. The zero-order valence-electron chi connectivity index (χ0n) is 11.7. The Labute approximate surface area is 128 Å². The maximum atomic E-state index is 5.71. The van der Waals surface area contributed by atoms with Crippen molar-refractivity contribution in [2.45, 2.75) is 33.1 Å². The van der Waals surface area contributed by atoms with Crippen molar-refractivity contribution in [1.29, 1.82) is 0 Å². The van der Waals surface area contributed by atoms with Gasteiger partial charge in [0.25, 0.3) is 0 Å². The standard InChI is InChI=1S/C16H20BrNO2/c1-2-8-18-10-14-7-9-20-16(14)12-19-11-13-3-5-15(17)6-4-13/h3-7,9,18H,2,8,10-12H2,1H3. The fourth-order valence-corrected chi connectivity index (χ4v) is 2.16. The van der Waals surface area contributed by atoms with Crippen molar-refractivity contribution in [3.8, 4) is 0 Å². The van der Waals surface area contributed by atoms with Crippen molar-refractivity contribution in [3.63, 3.8) is 0 Å². The van der Waals surface area contributed by atoms with Crippen molar-refractivity contribution in [2.24, 2.45) is 0 Å². The van der Waals surface area contributed by atoms with E-state index in [1.165, 1.54) is 5.56 Å². The summed E-state index contributed by atoms with van der Waals surface area (Å²) in [7, 11) is 0. The molecule has 1 aromatic carbocycles. The zero-order chi connectivity index (χ0) is 14.2. The van der Waals surface area contributed by atoms with Gasteiger partial charge in [0.1, 0.15) is 12.4 Å². The SMILES string of the molecule is CCCNCc1ccoc1COCc1ccc(Br)cc1. The molecule has 0 amide bonds. The van der Waals surface area contributed by atoms with Crippen LogP contribution in [0.1, 0.15) is 30.2 Å². The summed E-state index contributed by atoms with van der Waals surface area (Å²) in [5, 5.41) is 3.37. The van der Waals surface area contributed by atoms with Crippen LogP contribution in [-0.2, 0) is 24.5 Å². The van der Waals surface area contributed by atoms with E-state index in [4.69, 9.17) is 9.15 Å². The molecule has 0 radical (unpaired) electrons. The molecule has 0 atom stereocenters. The van der Waals surface area contributed by atoms with Crippen molar-refractivity contribution >= 4 is 15.9 Å². The van der Waals surface area contributed by atoms with Crippen molar-refractivity contribution in [3.05, 3.63) is 58.0 Å². The summed E-state index contributed by atoms with van der Waals surface area (Å²) in [5.74, 6) is 0.908. The van der Waals surface area contributed by atoms with Crippen molar-refractivity contribution < 1.29 is 9.15 Å². The third-order valence-corrected chi connectivity index (χ3v) is 3.52. The van der Waals surface area contributed by atoms with Gasteiger partial charge in [0.2, 0.25) is 0 Å². The van der Waals surface area contributed by atoms with Crippen LogP contribution in [0.25, 0.3) is 0 Å². The molecule has 0 saturated carbocycles. The number of furan rings is 1. The molecule has 0 bridgehead atoms. The Bertz CT molecular complexity index is 507. The molecular formula is C16H20BrNO2. The van der Waals surface area contributed by atoms with Gasteiger partial charge in [-0.1, -0.05) is 35.0 Å². The number of hydrogen-bond donors (Lipinski definition) is 1. The molecule has 1 heterocycles. The molecule has 0 aliphatic carbocycles. The number of ether oxygens (including phenoxy) is 1. The molecule has 0 aliphatic heterocycles. The molecule has 0 fully saturated rings. The highest BCUT2D eigenvalue weighted by atomic mass is 79.9. The molecule has 0 spiro atoms.